The van der Waals surface area contributed by atoms with Crippen LogP contribution in [0.2, 0.25) is 0 Å². The minimum atomic E-state index is -2.84. The summed E-state index contributed by atoms with van der Waals surface area (Å²) in [5, 5.41) is 15.9. The van der Waals surface area contributed by atoms with Crippen molar-refractivity contribution in [1.82, 2.24) is 20.1 Å². The van der Waals surface area contributed by atoms with E-state index in [4.69, 9.17) is 5.11 Å². The first-order valence-electron chi connectivity index (χ1n) is 7.37. The number of aliphatic carboxylic acids is 1. The van der Waals surface area contributed by atoms with Crippen molar-refractivity contribution in [2.24, 2.45) is 0 Å². The third-order valence-electron chi connectivity index (χ3n) is 3.51. The molecule has 0 aliphatic carbocycles. The predicted molar refractivity (Wildman–Crippen MR) is 82.2 cm³/mol. The molecule has 2 heterocycles. The number of nitrogens with one attached hydrogen (secondary N) is 1. The van der Waals surface area contributed by atoms with Gasteiger partial charge in [-0.2, -0.15) is 5.10 Å². The van der Waals surface area contributed by atoms with Crippen molar-refractivity contribution in [2.75, 3.05) is 0 Å². The summed E-state index contributed by atoms with van der Waals surface area (Å²) in [7, 11) is 0. The third-order valence-corrected chi connectivity index (χ3v) is 3.51. The second-order valence-corrected chi connectivity index (χ2v) is 5.71. The molecule has 0 aromatic carbocycles. The van der Waals surface area contributed by atoms with Crippen molar-refractivity contribution in [1.29, 1.82) is 0 Å². The molecule has 9 heteroatoms. The van der Waals surface area contributed by atoms with Crippen molar-refractivity contribution < 1.29 is 23.5 Å². The molecule has 0 saturated carbocycles. The number of pyridine rings is 1. The lowest BCUT2D eigenvalue weighted by Crippen LogP contribution is -2.42. The highest BCUT2D eigenvalue weighted by Crippen LogP contribution is 2.19. The van der Waals surface area contributed by atoms with E-state index in [0.29, 0.717) is 16.7 Å². The van der Waals surface area contributed by atoms with E-state index in [1.807, 2.05) is 13.8 Å². The number of carboxylic acid groups (broad SMARTS) is 1. The largest absolute Gasteiger partial charge is 0.480 e. The van der Waals surface area contributed by atoms with E-state index in [-0.39, 0.29) is 11.6 Å². The zero-order chi connectivity index (χ0) is 18.0. The molecule has 24 heavy (non-hydrogen) atoms. The number of carboxylic acids is 1. The number of amides is 1. The Bertz CT molecular complexity index is 773. The average molecular weight is 340 g/mol. The van der Waals surface area contributed by atoms with Crippen LogP contribution in [0.1, 0.15) is 42.4 Å². The fraction of sp³-hybridized carbons (Fsp3) is 0.467. The maximum absolute atomic E-state index is 12.4. The molecule has 0 aliphatic heterocycles. The third kappa shape index (κ3) is 3.66. The molecule has 0 radical (unpaired) electrons. The maximum atomic E-state index is 12.4. The van der Waals surface area contributed by atoms with Crippen LogP contribution in [0.25, 0.3) is 11.0 Å². The molecule has 0 aliphatic rings. The predicted octanol–water partition coefficient (Wildman–Crippen LogP) is 2.16. The van der Waals surface area contributed by atoms with Crippen LogP contribution in [-0.2, 0) is 4.79 Å². The van der Waals surface area contributed by atoms with Crippen LogP contribution in [0.15, 0.2) is 12.3 Å². The van der Waals surface area contributed by atoms with Gasteiger partial charge in [-0.1, -0.05) is 0 Å². The van der Waals surface area contributed by atoms with E-state index in [1.165, 1.54) is 6.07 Å². The Morgan fingerprint density at radius 3 is 2.58 bits per heavy atom. The average Bonchev–Trinajstić information content (AvgIpc) is 2.87. The molecule has 1 unspecified atom stereocenters. The number of rotatable bonds is 6. The second-order valence-electron chi connectivity index (χ2n) is 5.71. The summed E-state index contributed by atoms with van der Waals surface area (Å²) >= 11 is 0. The molecule has 130 valence electrons. The first-order chi connectivity index (χ1) is 11.2. The van der Waals surface area contributed by atoms with Crippen LogP contribution in [-0.4, -0.2) is 44.2 Å². The first kappa shape index (κ1) is 17.8. The van der Waals surface area contributed by atoms with Crippen molar-refractivity contribution in [3.63, 3.8) is 0 Å². The topological polar surface area (TPSA) is 97.1 Å². The summed E-state index contributed by atoms with van der Waals surface area (Å²) in [6.45, 7) is 5.46. The SMILES string of the molecule is Cc1nc2c(cnn2C(C)C)cc1C(=O)NC(CC(F)F)C(=O)O. The van der Waals surface area contributed by atoms with Gasteiger partial charge in [0, 0.05) is 17.8 Å². The lowest BCUT2D eigenvalue weighted by atomic mass is 10.1. The number of carbonyl (C=O) groups is 2. The fourth-order valence-electron chi connectivity index (χ4n) is 2.31. The Kier molecular flexibility index (Phi) is 5.10. The van der Waals surface area contributed by atoms with Gasteiger partial charge in [0.15, 0.2) is 5.65 Å². The van der Waals surface area contributed by atoms with Crippen LogP contribution in [0.3, 0.4) is 0 Å². The number of hydrogen-bond acceptors (Lipinski definition) is 4. The summed E-state index contributed by atoms with van der Waals surface area (Å²) in [6, 6.07) is -0.0531. The number of halogens is 2. The lowest BCUT2D eigenvalue weighted by molar-refractivity contribution is -0.140. The van der Waals surface area contributed by atoms with Gasteiger partial charge in [-0.3, -0.25) is 4.79 Å². The van der Waals surface area contributed by atoms with Gasteiger partial charge in [-0.25, -0.2) is 23.2 Å². The van der Waals surface area contributed by atoms with Gasteiger partial charge in [0.1, 0.15) is 6.04 Å². The summed E-state index contributed by atoms with van der Waals surface area (Å²) in [4.78, 5) is 27.6. The molecule has 0 spiro atoms. The summed E-state index contributed by atoms with van der Waals surface area (Å²) in [6.07, 6.45) is -2.25. The van der Waals surface area contributed by atoms with Gasteiger partial charge < -0.3 is 10.4 Å². The molecule has 2 rings (SSSR count). The lowest BCUT2D eigenvalue weighted by Gasteiger charge is -2.15. The number of alkyl halides is 2. The molecular formula is C15H18F2N4O3. The van der Waals surface area contributed by atoms with E-state index in [9.17, 15) is 18.4 Å². The number of aryl methyl sites for hydroxylation is 1. The summed E-state index contributed by atoms with van der Waals surface area (Å²) in [5.41, 5.74) is 1.09. The highest BCUT2D eigenvalue weighted by molar-refractivity contribution is 5.99. The van der Waals surface area contributed by atoms with E-state index in [1.54, 1.807) is 17.8 Å². The smallest absolute Gasteiger partial charge is 0.326 e. The standard InChI is InChI=1S/C15H18F2N4O3/c1-7(2)21-13-9(6-18-21)4-10(8(3)19-13)14(22)20-11(15(23)24)5-12(16)17/h4,6-7,11-12H,5H2,1-3H3,(H,20,22)(H,23,24). The number of aromatic nitrogens is 3. The molecule has 2 aromatic heterocycles. The van der Waals surface area contributed by atoms with Crippen LogP contribution in [0.4, 0.5) is 8.78 Å². The highest BCUT2D eigenvalue weighted by atomic mass is 19.3. The molecule has 1 amide bonds. The molecular weight excluding hydrogens is 322 g/mol. The van der Waals surface area contributed by atoms with Crippen molar-refractivity contribution >= 4 is 22.9 Å². The summed E-state index contributed by atoms with van der Waals surface area (Å²) in [5.74, 6) is -2.27. The van der Waals surface area contributed by atoms with Crippen molar-refractivity contribution in [2.45, 2.75) is 45.7 Å². The molecule has 2 N–H and O–H groups in total. The number of carbonyl (C=O) groups excluding carboxylic acids is 1. The zero-order valence-electron chi connectivity index (χ0n) is 13.5. The van der Waals surface area contributed by atoms with E-state index < -0.39 is 30.8 Å². The van der Waals surface area contributed by atoms with Crippen LogP contribution < -0.4 is 5.32 Å². The van der Waals surface area contributed by atoms with Gasteiger partial charge >= 0.3 is 5.97 Å². The van der Waals surface area contributed by atoms with Gasteiger partial charge in [-0.05, 0) is 26.8 Å². The molecule has 2 aromatic rings. The van der Waals surface area contributed by atoms with Gasteiger partial charge in [0.2, 0.25) is 6.43 Å². The minimum Gasteiger partial charge on any atom is -0.480 e. The Labute approximate surface area is 136 Å². The minimum absolute atomic E-state index is 0.0801. The van der Waals surface area contributed by atoms with Crippen molar-refractivity contribution in [3.05, 3.63) is 23.5 Å². The molecule has 7 nitrogen and oxygen atoms in total. The Hall–Kier alpha value is -2.58. The quantitative estimate of drug-likeness (QED) is 0.840. The molecule has 0 fully saturated rings. The Morgan fingerprint density at radius 2 is 2.04 bits per heavy atom. The van der Waals surface area contributed by atoms with E-state index >= 15 is 0 Å². The Balaban J connectivity index is 2.32. The fourth-order valence-corrected chi connectivity index (χ4v) is 2.31. The Morgan fingerprint density at radius 1 is 1.38 bits per heavy atom. The normalized spacial score (nSPS) is 12.8. The van der Waals surface area contributed by atoms with Crippen molar-refractivity contribution in [3.8, 4) is 0 Å². The molecule has 0 saturated heterocycles. The van der Waals surface area contributed by atoms with E-state index in [2.05, 4.69) is 15.4 Å². The number of hydrogen-bond donors (Lipinski definition) is 2. The van der Waals surface area contributed by atoms with E-state index in [0.717, 1.165) is 0 Å². The first-order valence-corrected chi connectivity index (χ1v) is 7.37. The maximum Gasteiger partial charge on any atom is 0.326 e. The van der Waals surface area contributed by atoms with Gasteiger partial charge in [0.25, 0.3) is 5.91 Å². The summed E-state index contributed by atoms with van der Waals surface area (Å²) < 4.78 is 26.5. The molecule has 1 atom stereocenters. The van der Waals surface area contributed by atoms with Crippen LogP contribution >= 0.6 is 0 Å². The van der Waals surface area contributed by atoms with Crippen LogP contribution in [0, 0.1) is 6.92 Å². The monoisotopic (exact) mass is 340 g/mol. The number of fused-ring (bicyclic) bond motifs is 1. The second kappa shape index (κ2) is 6.90. The van der Waals surface area contributed by atoms with Gasteiger partial charge in [-0.15, -0.1) is 0 Å². The van der Waals surface area contributed by atoms with Crippen LogP contribution in [0.5, 0.6) is 0 Å². The zero-order valence-corrected chi connectivity index (χ0v) is 13.5. The number of nitrogens with zero attached hydrogens (tertiary/aromatic N) is 3. The van der Waals surface area contributed by atoms with Gasteiger partial charge in [0.05, 0.1) is 17.5 Å². The molecule has 0 bridgehead atoms. The highest BCUT2D eigenvalue weighted by Gasteiger charge is 2.25.